The van der Waals surface area contributed by atoms with E-state index in [1.807, 2.05) is 13.8 Å². The molecule has 0 amide bonds. The lowest BCUT2D eigenvalue weighted by molar-refractivity contribution is -0.142. The third-order valence-electron chi connectivity index (χ3n) is 4.51. The van der Waals surface area contributed by atoms with Crippen LogP contribution in [0, 0.1) is 16.7 Å². The zero-order chi connectivity index (χ0) is 19.4. The normalized spacial score (nSPS) is 22.8. The largest absolute Gasteiger partial charge is 0.444 e. The average Bonchev–Trinajstić information content (AvgIpc) is 2.86. The van der Waals surface area contributed by atoms with E-state index in [0.29, 0.717) is 6.42 Å². The van der Waals surface area contributed by atoms with Crippen molar-refractivity contribution in [2.75, 3.05) is 0 Å². The van der Waals surface area contributed by atoms with E-state index in [1.165, 1.54) is 13.2 Å². The highest BCUT2D eigenvalue weighted by Crippen LogP contribution is 2.49. The molecule has 0 spiro atoms. The van der Waals surface area contributed by atoms with Gasteiger partial charge in [0, 0.05) is 37.2 Å². The molecule has 9 heteroatoms. The lowest BCUT2D eigenvalue weighted by Crippen LogP contribution is -2.34. The van der Waals surface area contributed by atoms with Gasteiger partial charge in [-0.1, -0.05) is 13.8 Å². The van der Waals surface area contributed by atoms with E-state index in [2.05, 4.69) is 5.10 Å². The first-order valence-electron chi connectivity index (χ1n) is 7.89. The molecule has 2 heterocycles. The van der Waals surface area contributed by atoms with Crippen molar-refractivity contribution >= 4 is 5.78 Å². The minimum absolute atomic E-state index is 0.0635. The molecule has 0 saturated heterocycles. The van der Waals surface area contributed by atoms with E-state index < -0.39 is 23.2 Å². The van der Waals surface area contributed by atoms with Crippen molar-refractivity contribution < 1.29 is 22.7 Å². The smallest absolute Gasteiger partial charge is 0.435 e. The minimum atomic E-state index is -4.73. The minimum Gasteiger partial charge on any atom is -0.444 e. The summed E-state index contributed by atoms with van der Waals surface area (Å²) in [6.45, 7) is 3.72. The molecule has 0 radical (unpaired) electrons. The van der Waals surface area contributed by atoms with E-state index in [0.717, 1.165) is 4.68 Å². The number of allylic oxidation sites excluding steroid dienone is 3. The second kappa shape index (κ2) is 5.62. The molecule has 6 nitrogen and oxygen atoms in total. The Balaban J connectivity index is 2.26. The van der Waals surface area contributed by atoms with Gasteiger partial charge in [0.2, 0.25) is 5.88 Å². The fraction of sp³-hybridized carbons (Fsp3) is 0.471. The molecule has 1 aliphatic carbocycles. The molecule has 1 atom stereocenters. The van der Waals surface area contributed by atoms with Crippen LogP contribution in [-0.4, -0.2) is 15.6 Å². The third-order valence-corrected chi connectivity index (χ3v) is 4.51. The summed E-state index contributed by atoms with van der Waals surface area (Å²) in [5.41, 5.74) is 3.83. The number of nitriles is 1. The quantitative estimate of drug-likeness (QED) is 0.825. The van der Waals surface area contributed by atoms with Crippen LogP contribution in [0.4, 0.5) is 13.2 Å². The first-order chi connectivity index (χ1) is 11.9. The molecular formula is C17H17F3N4O2. The Morgan fingerprint density at radius 3 is 2.65 bits per heavy atom. The molecule has 0 saturated carbocycles. The van der Waals surface area contributed by atoms with Crippen LogP contribution in [0.2, 0.25) is 0 Å². The second-order valence-electron chi connectivity index (χ2n) is 7.31. The van der Waals surface area contributed by atoms with E-state index >= 15 is 0 Å². The van der Waals surface area contributed by atoms with Gasteiger partial charge in [0.1, 0.15) is 17.4 Å². The average molecular weight is 366 g/mol. The van der Waals surface area contributed by atoms with Gasteiger partial charge in [-0.2, -0.15) is 23.5 Å². The summed E-state index contributed by atoms with van der Waals surface area (Å²) in [5, 5.41) is 12.9. The third kappa shape index (κ3) is 2.85. The number of Topliss-reactive ketones (excluding diaryl/α,β-unsaturated/α-hetero) is 1. The van der Waals surface area contributed by atoms with E-state index in [-0.39, 0.29) is 40.6 Å². The van der Waals surface area contributed by atoms with Crippen LogP contribution in [0.15, 0.2) is 29.0 Å². The lowest BCUT2D eigenvalue weighted by Gasteiger charge is -2.37. The number of carbonyl (C=O) groups excluding carboxylic acids is 1. The molecule has 0 unspecified atom stereocenters. The van der Waals surface area contributed by atoms with Crippen LogP contribution in [0.1, 0.15) is 43.9 Å². The summed E-state index contributed by atoms with van der Waals surface area (Å²) in [7, 11) is 1.35. The summed E-state index contributed by atoms with van der Waals surface area (Å²) in [4.78, 5) is 12.7. The van der Waals surface area contributed by atoms with Crippen molar-refractivity contribution in [1.29, 1.82) is 5.26 Å². The monoisotopic (exact) mass is 366 g/mol. The number of rotatable bonds is 1. The number of aromatic nitrogens is 2. The highest BCUT2D eigenvalue weighted by atomic mass is 19.4. The van der Waals surface area contributed by atoms with Gasteiger partial charge in [-0.3, -0.25) is 9.48 Å². The predicted octanol–water partition coefficient (Wildman–Crippen LogP) is 2.89. The maximum absolute atomic E-state index is 13.5. The highest BCUT2D eigenvalue weighted by molar-refractivity contribution is 6.00. The molecular weight excluding hydrogens is 349 g/mol. The molecule has 0 bridgehead atoms. The highest BCUT2D eigenvalue weighted by Gasteiger charge is 2.47. The first kappa shape index (κ1) is 18.0. The van der Waals surface area contributed by atoms with Crippen molar-refractivity contribution in [2.45, 2.75) is 38.8 Å². The first-order valence-corrected chi connectivity index (χ1v) is 7.89. The standard InChI is InChI=1S/C17H17F3N4O2/c1-16(2)4-10(25)13-11(5-16)26-15(22)8(6-21)12(13)9-7-24(3)23-14(9)17(18,19)20/h7,12H,4-5,22H2,1-3H3/t12-/m1/s1. The number of hydrogen-bond acceptors (Lipinski definition) is 5. The number of nitrogens with zero attached hydrogens (tertiary/aromatic N) is 3. The number of carbonyl (C=O) groups is 1. The van der Waals surface area contributed by atoms with Crippen molar-refractivity contribution in [3.05, 3.63) is 40.2 Å². The summed E-state index contributed by atoms with van der Waals surface area (Å²) in [6, 6.07) is 1.80. The van der Waals surface area contributed by atoms with Crippen LogP contribution < -0.4 is 5.73 Å². The molecule has 0 fully saturated rings. The van der Waals surface area contributed by atoms with E-state index in [4.69, 9.17) is 10.5 Å². The van der Waals surface area contributed by atoms with Gasteiger partial charge in [-0.25, -0.2) is 0 Å². The maximum Gasteiger partial charge on any atom is 0.435 e. The van der Waals surface area contributed by atoms with Gasteiger partial charge in [0.15, 0.2) is 11.5 Å². The molecule has 2 aliphatic rings. The molecule has 1 aliphatic heterocycles. The zero-order valence-corrected chi connectivity index (χ0v) is 14.4. The molecule has 1 aromatic heterocycles. The predicted molar refractivity (Wildman–Crippen MR) is 83.9 cm³/mol. The number of ketones is 1. The number of aryl methyl sites for hydroxylation is 1. The van der Waals surface area contributed by atoms with Crippen molar-refractivity contribution in [3.8, 4) is 6.07 Å². The van der Waals surface area contributed by atoms with Gasteiger partial charge in [0.25, 0.3) is 0 Å². The Labute approximate surface area is 147 Å². The molecule has 138 valence electrons. The number of nitrogens with two attached hydrogens (primary N) is 1. The SMILES string of the molecule is Cn1cc([C@H]2C(C#N)=C(N)OC3=C2C(=O)CC(C)(C)C3)c(C(F)(F)F)n1. The van der Waals surface area contributed by atoms with Crippen LogP contribution in [0.5, 0.6) is 0 Å². The van der Waals surface area contributed by atoms with Crippen LogP contribution >= 0.6 is 0 Å². The molecule has 3 rings (SSSR count). The van der Waals surface area contributed by atoms with Gasteiger partial charge in [0.05, 0.1) is 5.92 Å². The number of halogens is 3. The van der Waals surface area contributed by atoms with Crippen LogP contribution in [0.25, 0.3) is 0 Å². The van der Waals surface area contributed by atoms with Crippen molar-refractivity contribution in [3.63, 3.8) is 0 Å². The topological polar surface area (TPSA) is 93.9 Å². The molecule has 2 N–H and O–H groups in total. The van der Waals surface area contributed by atoms with Gasteiger partial charge >= 0.3 is 6.18 Å². The molecule has 1 aromatic rings. The van der Waals surface area contributed by atoms with Crippen LogP contribution in [-0.2, 0) is 22.8 Å². The van der Waals surface area contributed by atoms with Gasteiger partial charge < -0.3 is 10.5 Å². The van der Waals surface area contributed by atoms with Crippen molar-refractivity contribution in [1.82, 2.24) is 9.78 Å². The lowest BCUT2D eigenvalue weighted by atomic mass is 9.70. The summed E-state index contributed by atoms with van der Waals surface area (Å²) in [5.74, 6) is -1.64. The summed E-state index contributed by atoms with van der Waals surface area (Å²) >= 11 is 0. The second-order valence-corrected chi connectivity index (χ2v) is 7.31. The molecule has 26 heavy (non-hydrogen) atoms. The Bertz CT molecular complexity index is 900. The van der Waals surface area contributed by atoms with E-state index in [1.54, 1.807) is 6.07 Å². The fourth-order valence-electron chi connectivity index (χ4n) is 3.53. The number of hydrogen-bond donors (Lipinski definition) is 1. The van der Waals surface area contributed by atoms with E-state index in [9.17, 15) is 23.2 Å². The van der Waals surface area contributed by atoms with Gasteiger partial charge in [-0.05, 0) is 5.41 Å². The summed E-state index contributed by atoms with van der Waals surface area (Å²) < 4.78 is 46.8. The number of alkyl halides is 3. The Morgan fingerprint density at radius 2 is 2.08 bits per heavy atom. The fourth-order valence-corrected chi connectivity index (χ4v) is 3.53. The Morgan fingerprint density at radius 1 is 1.42 bits per heavy atom. The Hall–Kier alpha value is -2.76. The Kier molecular flexibility index (Phi) is 3.90. The summed E-state index contributed by atoms with van der Waals surface area (Å²) in [6.07, 6.45) is -3.08. The molecule has 0 aromatic carbocycles. The van der Waals surface area contributed by atoms with Crippen molar-refractivity contribution in [2.24, 2.45) is 18.2 Å². The zero-order valence-electron chi connectivity index (χ0n) is 14.4. The number of ether oxygens (including phenoxy) is 1. The maximum atomic E-state index is 13.5. The van der Waals surface area contributed by atoms with Gasteiger partial charge in [-0.15, -0.1) is 0 Å². The van der Waals surface area contributed by atoms with Crippen LogP contribution in [0.3, 0.4) is 0 Å².